The molecule has 0 aromatic carbocycles. The van der Waals surface area contributed by atoms with E-state index in [1.807, 2.05) is 25.1 Å². The zero-order valence-electron chi connectivity index (χ0n) is 7.17. The fourth-order valence-electron chi connectivity index (χ4n) is 0.961. The summed E-state index contributed by atoms with van der Waals surface area (Å²) in [5, 5.41) is 3.08. The standard InChI is InChI=1S/C10H12N2/c1-3-7-11-8-10-6-4-5-9(2)12-10/h1,4-6,11H,7-8H2,2H3. The molecule has 0 saturated heterocycles. The van der Waals surface area contributed by atoms with Crippen LogP contribution >= 0.6 is 0 Å². The Kier molecular flexibility index (Phi) is 3.31. The predicted octanol–water partition coefficient (Wildman–Crippen LogP) is 1.11. The van der Waals surface area contributed by atoms with Crippen LogP contribution in [0.15, 0.2) is 18.2 Å². The number of aromatic nitrogens is 1. The molecule has 0 aliphatic rings. The van der Waals surface area contributed by atoms with Crippen molar-refractivity contribution in [2.45, 2.75) is 13.5 Å². The van der Waals surface area contributed by atoms with Gasteiger partial charge in [-0.1, -0.05) is 12.0 Å². The van der Waals surface area contributed by atoms with E-state index in [9.17, 15) is 0 Å². The lowest BCUT2D eigenvalue weighted by Crippen LogP contribution is -2.14. The molecule has 0 spiro atoms. The van der Waals surface area contributed by atoms with E-state index in [0.29, 0.717) is 6.54 Å². The van der Waals surface area contributed by atoms with Crippen molar-refractivity contribution in [2.24, 2.45) is 0 Å². The van der Waals surface area contributed by atoms with E-state index in [0.717, 1.165) is 17.9 Å². The van der Waals surface area contributed by atoms with Crippen LogP contribution in [0, 0.1) is 19.3 Å². The minimum atomic E-state index is 0.593. The van der Waals surface area contributed by atoms with Crippen LogP contribution in [0.5, 0.6) is 0 Å². The molecule has 1 rings (SSSR count). The molecule has 2 heteroatoms. The van der Waals surface area contributed by atoms with Crippen LogP contribution in [0.3, 0.4) is 0 Å². The van der Waals surface area contributed by atoms with Crippen LogP contribution in [-0.2, 0) is 6.54 Å². The van der Waals surface area contributed by atoms with E-state index >= 15 is 0 Å². The highest BCUT2D eigenvalue weighted by atomic mass is 14.9. The van der Waals surface area contributed by atoms with Gasteiger partial charge in [0.2, 0.25) is 0 Å². The molecule has 0 saturated carbocycles. The van der Waals surface area contributed by atoms with Crippen molar-refractivity contribution in [3.63, 3.8) is 0 Å². The van der Waals surface area contributed by atoms with Crippen molar-refractivity contribution in [3.8, 4) is 12.3 Å². The van der Waals surface area contributed by atoms with Crippen LogP contribution in [0.25, 0.3) is 0 Å². The van der Waals surface area contributed by atoms with Gasteiger partial charge in [-0.05, 0) is 19.1 Å². The SMILES string of the molecule is C#CCNCc1cccc(C)n1. The van der Waals surface area contributed by atoms with Gasteiger partial charge in [0.05, 0.1) is 12.2 Å². The number of rotatable bonds is 3. The maximum atomic E-state index is 5.09. The molecule has 1 aromatic rings. The van der Waals surface area contributed by atoms with Gasteiger partial charge in [-0.25, -0.2) is 0 Å². The quantitative estimate of drug-likeness (QED) is 0.529. The molecule has 0 bridgehead atoms. The average Bonchev–Trinajstić information content (AvgIpc) is 2.05. The number of terminal acetylenes is 1. The zero-order chi connectivity index (χ0) is 8.81. The summed E-state index contributed by atoms with van der Waals surface area (Å²) in [6.07, 6.45) is 5.09. The van der Waals surface area contributed by atoms with Gasteiger partial charge < -0.3 is 5.32 Å². The maximum absolute atomic E-state index is 5.09. The Hall–Kier alpha value is -1.33. The summed E-state index contributed by atoms with van der Waals surface area (Å²) in [6, 6.07) is 5.95. The molecule has 0 amide bonds. The van der Waals surface area contributed by atoms with Crippen LogP contribution in [-0.4, -0.2) is 11.5 Å². The lowest BCUT2D eigenvalue weighted by atomic mass is 10.3. The Morgan fingerprint density at radius 2 is 2.42 bits per heavy atom. The number of hydrogen-bond donors (Lipinski definition) is 1. The normalized spacial score (nSPS) is 9.33. The first-order chi connectivity index (χ1) is 5.83. The fraction of sp³-hybridized carbons (Fsp3) is 0.300. The summed E-state index contributed by atoms with van der Waals surface area (Å²) in [6.45, 7) is 3.31. The first-order valence-electron chi connectivity index (χ1n) is 3.89. The van der Waals surface area contributed by atoms with E-state index in [1.54, 1.807) is 0 Å². The van der Waals surface area contributed by atoms with Gasteiger partial charge in [0.1, 0.15) is 0 Å². The molecule has 0 aliphatic heterocycles. The number of hydrogen-bond acceptors (Lipinski definition) is 2. The van der Waals surface area contributed by atoms with Gasteiger partial charge in [-0.15, -0.1) is 6.42 Å². The van der Waals surface area contributed by atoms with E-state index < -0.39 is 0 Å². The summed E-state index contributed by atoms with van der Waals surface area (Å²) in [5.41, 5.74) is 2.07. The first kappa shape index (κ1) is 8.76. The van der Waals surface area contributed by atoms with Gasteiger partial charge in [-0.3, -0.25) is 4.98 Å². The number of aryl methyl sites for hydroxylation is 1. The molecule has 2 nitrogen and oxygen atoms in total. The molecular weight excluding hydrogens is 148 g/mol. The minimum absolute atomic E-state index is 0.593. The first-order valence-corrected chi connectivity index (χ1v) is 3.89. The third-order valence-corrected chi connectivity index (χ3v) is 1.48. The molecule has 0 aliphatic carbocycles. The van der Waals surface area contributed by atoms with Gasteiger partial charge >= 0.3 is 0 Å². The molecule has 12 heavy (non-hydrogen) atoms. The monoisotopic (exact) mass is 160 g/mol. The summed E-state index contributed by atoms with van der Waals surface area (Å²) < 4.78 is 0. The van der Waals surface area contributed by atoms with Gasteiger partial charge in [0, 0.05) is 12.2 Å². The second kappa shape index (κ2) is 4.53. The van der Waals surface area contributed by atoms with E-state index in [4.69, 9.17) is 6.42 Å². The Morgan fingerprint density at radius 3 is 3.08 bits per heavy atom. The summed E-state index contributed by atoms with van der Waals surface area (Å²) in [5.74, 6) is 2.51. The Labute approximate surface area is 73.0 Å². The molecule has 62 valence electrons. The molecule has 1 aromatic heterocycles. The van der Waals surface area contributed by atoms with Crippen LogP contribution in [0.1, 0.15) is 11.4 Å². The highest BCUT2D eigenvalue weighted by molar-refractivity contribution is 5.09. The number of nitrogens with one attached hydrogen (secondary N) is 1. The summed E-state index contributed by atoms with van der Waals surface area (Å²) >= 11 is 0. The Balaban J connectivity index is 2.48. The van der Waals surface area contributed by atoms with E-state index in [1.165, 1.54) is 0 Å². The van der Waals surface area contributed by atoms with E-state index in [-0.39, 0.29) is 0 Å². The Bertz CT molecular complexity index is 286. The highest BCUT2D eigenvalue weighted by Gasteiger charge is 1.91. The van der Waals surface area contributed by atoms with Crippen molar-refractivity contribution < 1.29 is 0 Å². The summed E-state index contributed by atoms with van der Waals surface area (Å²) in [7, 11) is 0. The molecule has 0 atom stereocenters. The molecule has 0 unspecified atom stereocenters. The molecular formula is C10H12N2. The predicted molar refractivity (Wildman–Crippen MR) is 49.5 cm³/mol. The third kappa shape index (κ3) is 2.73. The topological polar surface area (TPSA) is 24.9 Å². The van der Waals surface area contributed by atoms with Crippen molar-refractivity contribution in [1.82, 2.24) is 10.3 Å². The van der Waals surface area contributed by atoms with Crippen LogP contribution < -0.4 is 5.32 Å². The average molecular weight is 160 g/mol. The van der Waals surface area contributed by atoms with Crippen molar-refractivity contribution in [3.05, 3.63) is 29.6 Å². The zero-order valence-corrected chi connectivity index (χ0v) is 7.17. The van der Waals surface area contributed by atoms with E-state index in [2.05, 4.69) is 16.2 Å². The lowest BCUT2D eigenvalue weighted by Gasteiger charge is -2.00. The number of pyridine rings is 1. The van der Waals surface area contributed by atoms with Crippen molar-refractivity contribution in [2.75, 3.05) is 6.54 Å². The van der Waals surface area contributed by atoms with Gasteiger partial charge in [0.25, 0.3) is 0 Å². The molecule has 0 radical (unpaired) electrons. The third-order valence-electron chi connectivity index (χ3n) is 1.48. The summed E-state index contributed by atoms with van der Waals surface area (Å²) in [4.78, 5) is 4.31. The fourth-order valence-corrected chi connectivity index (χ4v) is 0.961. The minimum Gasteiger partial charge on any atom is -0.301 e. The number of nitrogens with zero attached hydrogens (tertiary/aromatic N) is 1. The second-order valence-corrected chi connectivity index (χ2v) is 2.58. The molecule has 0 fully saturated rings. The molecule has 1 heterocycles. The largest absolute Gasteiger partial charge is 0.301 e. The second-order valence-electron chi connectivity index (χ2n) is 2.58. The lowest BCUT2D eigenvalue weighted by molar-refractivity contribution is 0.746. The van der Waals surface area contributed by atoms with Crippen LogP contribution in [0.2, 0.25) is 0 Å². The van der Waals surface area contributed by atoms with Crippen LogP contribution in [0.4, 0.5) is 0 Å². The van der Waals surface area contributed by atoms with Gasteiger partial charge in [-0.2, -0.15) is 0 Å². The molecule has 1 N–H and O–H groups in total. The van der Waals surface area contributed by atoms with Crippen molar-refractivity contribution >= 4 is 0 Å². The van der Waals surface area contributed by atoms with Crippen molar-refractivity contribution in [1.29, 1.82) is 0 Å². The highest BCUT2D eigenvalue weighted by Crippen LogP contribution is 1.96. The maximum Gasteiger partial charge on any atom is 0.0576 e. The Morgan fingerprint density at radius 1 is 1.58 bits per heavy atom. The smallest absolute Gasteiger partial charge is 0.0576 e. The van der Waals surface area contributed by atoms with Gasteiger partial charge in [0.15, 0.2) is 0 Å².